The highest BCUT2D eigenvalue weighted by molar-refractivity contribution is 5.60. The van der Waals surface area contributed by atoms with E-state index in [4.69, 9.17) is 10.2 Å². The van der Waals surface area contributed by atoms with E-state index >= 15 is 0 Å². The smallest absolute Gasteiger partial charge is 0.390 e. The average molecular weight is 544 g/mol. The first kappa shape index (κ1) is 29.7. The zero-order chi connectivity index (χ0) is 28.1. The summed E-state index contributed by atoms with van der Waals surface area (Å²) in [5, 5.41) is 41.0. The lowest BCUT2D eigenvalue weighted by molar-refractivity contribution is -0.385. The van der Waals surface area contributed by atoms with E-state index < -0.39 is 56.6 Å². The Morgan fingerprint density at radius 1 is 0.811 bits per heavy atom. The minimum absolute atomic E-state index is 0.0463. The van der Waals surface area contributed by atoms with Crippen LogP contribution in [0.25, 0.3) is 0 Å². The fraction of sp³-hybridized carbons (Fsp3) is 0.400. The van der Waals surface area contributed by atoms with E-state index in [-0.39, 0.29) is 30.9 Å². The minimum Gasteiger partial charge on any atom is -0.390 e. The number of nitrogens with zero attached hydrogens (tertiary/aromatic N) is 3. The van der Waals surface area contributed by atoms with Crippen LogP contribution in [0.3, 0.4) is 0 Å². The van der Waals surface area contributed by atoms with Crippen LogP contribution in [0.1, 0.15) is 11.1 Å². The van der Waals surface area contributed by atoms with E-state index in [2.05, 4.69) is 5.32 Å². The molecule has 2 aliphatic rings. The summed E-state index contributed by atoms with van der Waals surface area (Å²) >= 11 is 0. The maximum atomic E-state index is 12.8. The predicted molar refractivity (Wildman–Crippen MR) is 113 cm³/mol. The number of rotatable bonds is 3. The van der Waals surface area contributed by atoms with Gasteiger partial charge in [0, 0.05) is 56.1 Å². The minimum atomic E-state index is -4.92. The number of anilines is 1. The van der Waals surface area contributed by atoms with Gasteiger partial charge in [0.25, 0.3) is 11.4 Å². The molecule has 0 aromatic heterocycles. The molecule has 3 N–H and O–H groups in total. The van der Waals surface area contributed by atoms with E-state index in [1.165, 1.54) is 4.90 Å². The van der Waals surface area contributed by atoms with Crippen molar-refractivity contribution in [2.24, 2.45) is 0 Å². The number of aliphatic hydroxyl groups excluding tert-OH is 2. The van der Waals surface area contributed by atoms with Crippen molar-refractivity contribution in [2.45, 2.75) is 24.6 Å². The van der Waals surface area contributed by atoms with Crippen LogP contribution in [0, 0.1) is 26.0 Å². The predicted octanol–water partition coefficient (Wildman–Crippen LogP) is 3.50. The maximum absolute atomic E-state index is 12.8. The van der Waals surface area contributed by atoms with E-state index in [0.29, 0.717) is 18.2 Å². The molecule has 0 atom stereocenters. The van der Waals surface area contributed by atoms with Crippen molar-refractivity contribution in [3.8, 4) is 0 Å². The van der Waals surface area contributed by atoms with Crippen LogP contribution < -0.4 is 10.2 Å². The first-order valence-electron chi connectivity index (χ1n) is 10.2. The molecule has 37 heavy (non-hydrogen) atoms. The van der Waals surface area contributed by atoms with Gasteiger partial charge in [-0.25, -0.2) is 4.39 Å². The first-order valence-corrected chi connectivity index (χ1v) is 10.2. The molecule has 2 heterocycles. The van der Waals surface area contributed by atoms with Crippen LogP contribution >= 0.6 is 0 Å². The molecule has 204 valence electrons. The third kappa shape index (κ3) is 8.22. The quantitative estimate of drug-likeness (QED) is 0.303. The second-order valence-corrected chi connectivity index (χ2v) is 7.75. The Kier molecular flexibility index (Phi) is 9.34. The highest BCUT2D eigenvalue weighted by Crippen LogP contribution is 2.40. The van der Waals surface area contributed by atoms with E-state index in [1.807, 2.05) is 0 Å². The molecule has 2 aromatic rings. The second kappa shape index (κ2) is 11.7. The zero-order valence-corrected chi connectivity index (χ0v) is 18.5. The number of hydrogen-bond donors (Lipinski definition) is 3. The van der Waals surface area contributed by atoms with Gasteiger partial charge in [-0.05, 0) is 12.1 Å². The van der Waals surface area contributed by atoms with Gasteiger partial charge in [0.1, 0.15) is 5.82 Å². The lowest BCUT2D eigenvalue weighted by atomic mass is 10.1. The summed E-state index contributed by atoms with van der Waals surface area (Å²) in [4.78, 5) is 20.0. The molecule has 0 unspecified atom stereocenters. The van der Waals surface area contributed by atoms with Gasteiger partial charge in [-0.15, -0.1) is 0 Å². The summed E-state index contributed by atoms with van der Waals surface area (Å²) in [5.74, 6) is -1.52. The molecule has 2 aromatic carbocycles. The molecular weight excluding hydrogens is 525 g/mol. The number of non-ortho nitro benzene ring substituents is 2. The Hall–Kier alpha value is -3.57. The van der Waals surface area contributed by atoms with Crippen LogP contribution in [0.2, 0.25) is 0 Å². The summed E-state index contributed by atoms with van der Waals surface area (Å²) in [6.45, 7) is 1.78. The topological polar surface area (TPSA) is 142 Å². The monoisotopic (exact) mass is 544 g/mol. The Bertz CT molecular complexity index is 1120. The number of nitrogens with one attached hydrogen (secondary N) is 1. The standard InChI is InChI=1S/C10H9F3N2O3.C7H3F4NO2.C3H7NO/c11-10(12,13)8-3-6(15(17)18)1-2-9(8)14-4-7(16)5-14;8-6-2-1-4(12(13)14)3-5(6)7(9,10)11;5-3-1-4-2-3/h1-3,7,16H,4-5H2;1-3H;3-5H,1-2H2. The fourth-order valence-corrected chi connectivity index (χ4v) is 2.91. The van der Waals surface area contributed by atoms with Gasteiger partial charge in [-0.3, -0.25) is 20.2 Å². The van der Waals surface area contributed by atoms with Crippen molar-refractivity contribution in [3.63, 3.8) is 0 Å². The molecule has 2 saturated heterocycles. The van der Waals surface area contributed by atoms with Gasteiger partial charge in [0.2, 0.25) is 0 Å². The fourth-order valence-electron chi connectivity index (χ4n) is 2.91. The molecule has 0 saturated carbocycles. The molecule has 2 fully saturated rings. The molecule has 4 rings (SSSR count). The summed E-state index contributed by atoms with van der Waals surface area (Å²) in [6.07, 6.45) is -10.3. The van der Waals surface area contributed by atoms with Crippen LogP contribution in [-0.4, -0.2) is 58.4 Å². The molecule has 0 amide bonds. The number of nitro groups is 2. The molecule has 2 aliphatic heterocycles. The first-order chi connectivity index (χ1) is 17.0. The number of alkyl halides is 6. The van der Waals surface area contributed by atoms with Crippen LogP contribution in [0.4, 0.5) is 47.8 Å². The molecule has 0 spiro atoms. The van der Waals surface area contributed by atoms with E-state index in [9.17, 15) is 51.0 Å². The van der Waals surface area contributed by atoms with Gasteiger partial charge in [-0.2, -0.15) is 26.3 Å². The third-order valence-corrected chi connectivity index (χ3v) is 4.93. The Balaban J connectivity index is 0.000000224. The number of β-amino-alcohol motifs (C(OH)–C–C–N with tert-alkyl or cyclic N) is 2. The van der Waals surface area contributed by atoms with Crippen molar-refractivity contribution >= 4 is 17.1 Å². The van der Waals surface area contributed by atoms with Crippen LogP contribution in [0.15, 0.2) is 36.4 Å². The number of nitro benzene ring substituents is 2. The zero-order valence-electron chi connectivity index (χ0n) is 18.5. The van der Waals surface area contributed by atoms with Crippen molar-refractivity contribution in [1.82, 2.24) is 5.32 Å². The lowest BCUT2D eigenvalue weighted by Crippen LogP contribution is -2.51. The van der Waals surface area contributed by atoms with Gasteiger partial charge >= 0.3 is 12.4 Å². The summed E-state index contributed by atoms with van der Waals surface area (Å²) in [6, 6.07) is 3.85. The normalized spacial score (nSPS) is 15.9. The Labute approximate surface area is 203 Å². The molecule has 17 heteroatoms. The SMILES string of the molecule is O=[N+]([O-])c1ccc(F)c(C(F)(F)F)c1.O=[N+]([O-])c1ccc(N2CC(O)C2)c(C(F)(F)F)c1.OC1CNC1. The molecule has 0 radical (unpaired) electrons. The Morgan fingerprint density at radius 3 is 1.59 bits per heavy atom. The van der Waals surface area contributed by atoms with Crippen LogP contribution in [-0.2, 0) is 12.4 Å². The highest BCUT2D eigenvalue weighted by atomic mass is 19.4. The number of aliphatic hydroxyl groups is 2. The van der Waals surface area contributed by atoms with Crippen LogP contribution in [0.5, 0.6) is 0 Å². The molecular formula is C20H19F7N4O6. The summed E-state index contributed by atoms with van der Waals surface area (Å²) in [5.41, 5.74) is -4.22. The summed E-state index contributed by atoms with van der Waals surface area (Å²) in [7, 11) is 0. The number of halogens is 7. The lowest BCUT2D eigenvalue weighted by Gasteiger charge is -2.39. The van der Waals surface area contributed by atoms with E-state index in [0.717, 1.165) is 25.2 Å². The van der Waals surface area contributed by atoms with Crippen molar-refractivity contribution in [2.75, 3.05) is 31.1 Å². The third-order valence-electron chi connectivity index (χ3n) is 4.93. The largest absolute Gasteiger partial charge is 0.419 e. The number of hydrogen-bond acceptors (Lipinski definition) is 8. The molecule has 0 bridgehead atoms. The van der Waals surface area contributed by atoms with Crippen molar-refractivity contribution in [1.29, 1.82) is 0 Å². The van der Waals surface area contributed by atoms with Crippen molar-refractivity contribution < 1.29 is 50.8 Å². The highest BCUT2D eigenvalue weighted by Gasteiger charge is 2.39. The van der Waals surface area contributed by atoms with Gasteiger partial charge in [0.05, 0.1) is 33.2 Å². The molecule has 10 nitrogen and oxygen atoms in total. The maximum Gasteiger partial charge on any atom is 0.419 e. The van der Waals surface area contributed by atoms with Gasteiger partial charge in [-0.1, -0.05) is 0 Å². The molecule has 0 aliphatic carbocycles. The summed E-state index contributed by atoms with van der Waals surface area (Å²) < 4.78 is 87.1. The average Bonchev–Trinajstić information content (AvgIpc) is 2.74. The Morgan fingerprint density at radius 2 is 1.24 bits per heavy atom. The van der Waals surface area contributed by atoms with Gasteiger partial charge in [0.15, 0.2) is 0 Å². The van der Waals surface area contributed by atoms with Crippen molar-refractivity contribution in [3.05, 3.63) is 73.6 Å². The van der Waals surface area contributed by atoms with Gasteiger partial charge < -0.3 is 20.4 Å². The second-order valence-electron chi connectivity index (χ2n) is 7.75. The number of benzene rings is 2. The van der Waals surface area contributed by atoms with E-state index in [1.54, 1.807) is 0 Å².